The van der Waals surface area contributed by atoms with E-state index in [2.05, 4.69) is 16.1 Å². The van der Waals surface area contributed by atoms with E-state index in [0.29, 0.717) is 6.04 Å². The molecule has 10 heteroatoms. The van der Waals surface area contributed by atoms with Crippen molar-refractivity contribution in [2.24, 2.45) is 22.0 Å². The van der Waals surface area contributed by atoms with Gasteiger partial charge in [-0.1, -0.05) is 19.3 Å². The van der Waals surface area contributed by atoms with Gasteiger partial charge in [-0.2, -0.15) is 0 Å². The van der Waals surface area contributed by atoms with Crippen LogP contribution in [0.1, 0.15) is 32.1 Å². The highest BCUT2D eigenvalue weighted by atomic mass is 32.4. The van der Waals surface area contributed by atoms with Crippen molar-refractivity contribution < 1.29 is 9.46 Å². The standard InChI is InChI=1S/C6H16N3PS.H5N2O2P/c7-10(8,11)9-6-4-2-1-3-5-6;1-5(2,3)4/h6H,1-5H2,(H5,7,8,9,11);(H5,1,2,3,4). The van der Waals surface area contributed by atoms with Crippen LogP contribution in [0.5, 0.6) is 0 Å². The molecule has 10 N–H and O–H groups in total. The molecule has 1 aliphatic carbocycles. The lowest BCUT2D eigenvalue weighted by molar-refractivity contribution is 0.420. The largest absolute Gasteiger partial charge is 0.332 e. The number of nitrogens with two attached hydrogens (primary N) is 4. The number of rotatable bonds is 2. The van der Waals surface area contributed by atoms with E-state index in [0.717, 1.165) is 0 Å². The number of hydrogen-bond acceptors (Lipinski definition) is 2. The third-order valence-electron chi connectivity index (χ3n) is 1.99. The maximum absolute atomic E-state index is 9.33. The van der Waals surface area contributed by atoms with Crippen LogP contribution in [0.15, 0.2) is 0 Å². The Labute approximate surface area is 101 Å². The van der Waals surface area contributed by atoms with E-state index in [9.17, 15) is 4.57 Å². The highest BCUT2D eigenvalue weighted by Crippen LogP contribution is 2.26. The highest BCUT2D eigenvalue weighted by molar-refractivity contribution is 8.11. The zero-order valence-electron chi connectivity index (χ0n) is 9.08. The monoisotopic (exact) mass is 289 g/mol. The number of hydrogen-bond donors (Lipinski definition) is 6. The minimum absolute atomic E-state index is 0.490. The maximum atomic E-state index is 9.33. The lowest BCUT2D eigenvalue weighted by atomic mass is 9.96. The molecule has 0 aromatic heterocycles. The van der Waals surface area contributed by atoms with Crippen LogP contribution in [0.3, 0.4) is 0 Å². The molecule has 0 saturated heterocycles. The third kappa shape index (κ3) is 14.6. The summed E-state index contributed by atoms with van der Waals surface area (Å²) in [6.07, 6.45) is 6.29. The van der Waals surface area contributed by atoms with Crippen LogP contribution in [0.2, 0.25) is 0 Å². The van der Waals surface area contributed by atoms with E-state index in [1.165, 1.54) is 32.1 Å². The molecule has 0 spiro atoms. The summed E-state index contributed by atoms with van der Waals surface area (Å²) < 4.78 is 9.33. The van der Waals surface area contributed by atoms with Crippen molar-refractivity contribution in [1.29, 1.82) is 0 Å². The third-order valence-corrected chi connectivity index (χ3v) is 3.07. The molecule has 0 amide bonds. The van der Waals surface area contributed by atoms with Crippen molar-refractivity contribution in [3.8, 4) is 0 Å². The fourth-order valence-corrected chi connectivity index (χ4v) is 2.79. The molecule has 0 heterocycles. The van der Waals surface area contributed by atoms with E-state index < -0.39 is 14.2 Å². The first-order valence-electron chi connectivity index (χ1n) is 4.93. The quantitative estimate of drug-likeness (QED) is 0.390. The molecule has 0 aromatic rings. The fourth-order valence-electron chi connectivity index (χ4n) is 1.52. The van der Waals surface area contributed by atoms with Gasteiger partial charge in [-0.05, 0) is 24.6 Å². The van der Waals surface area contributed by atoms with Gasteiger partial charge in [0, 0.05) is 6.04 Å². The van der Waals surface area contributed by atoms with Crippen LogP contribution in [0.25, 0.3) is 0 Å². The Morgan fingerprint density at radius 2 is 1.50 bits per heavy atom. The smallest absolute Gasteiger partial charge is 0.322 e. The molecule has 0 unspecified atom stereocenters. The van der Waals surface area contributed by atoms with Crippen LogP contribution in [-0.2, 0) is 16.4 Å². The Balaban J connectivity index is 0.000000385. The normalized spacial score (nSPS) is 18.8. The summed E-state index contributed by atoms with van der Waals surface area (Å²) in [6.45, 7) is -2.15. The van der Waals surface area contributed by atoms with Crippen LogP contribution < -0.4 is 27.1 Å². The molecule has 0 atom stereocenters. The molecule has 16 heavy (non-hydrogen) atoms. The van der Waals surface area contributed by atoms with Gasteiger partial charge in [0.15, 0.2) is 0 Å². The molecule has 1 saturated carbocycles. The van der Waals surface area contributed by atoms with Gasteiger partial charge >= 0.3 is 7.67 Å². The Morgan fingerprint density at radius 3 is 1.81 bits per heavy atom. The lowest BCUT2D eigenvalue weighted by Crippen LogP contribution is -2.33. The first-order valence-corrected chi connectivity index (χ1v) is 9.67. The Kier molecular flexibility index (Phi) is 7.44. The number of nitrogens with one attached hydrogen (secondary N) is 1. The zero-order valence-corrected chi connectivity index (χ0v) is 11.7. The summed E-state index contributed by atoms with van der Waals surface area (Å²) >= 11 is 4.92. The predicted octanol–water partition coefficient (Wildman–Crippen LogP) is 0.0548. The molecule has 7 nitrogen and oxygen atoms in total. The summed E-state index contributed by atoms with van der Waals surface area (Å²) in [4.78, 5) is 7.63. The van der Waals surface area contributed by atoms with Gasteiger partial charge in [0.25, 0.3) is 0 Å². The van der Waals surface area contributed by atoms with Crippen molar-refractivity contribution in [1.82, 2.24) is 5.09 Å². The predicted molar refractivity (Wildman–Crippen MR) is 70.9 cm³/mol. The molecule has 0 radical (unpaired) electrons. The first-order chi connectivity index (χ1) is 7.08. The summed E-state index contributed by atoms with van der Waals surface area (Å²) in [7, 11) is -3.64. The fraction of sp³-hybridized carbons (Fsp3) is 1.00. The van der Waals surface area contributed by atoms with Crippen molar-refractivity contribution in [2.75, 3.05) is 0 Å². The van der Waals surface area contributed by atoms with E-state index >= 15 is 0 Å². The summed E-state index contributed by atoms with van der Waals surface area (Å²) in [5, 5.41) is 3.14. The van der Waals surface area contributed by atoms with Gasteiger partial charge in [0.1, 0.15) is 6.49 Å². The minimum Gasteiger partial charge on any atom is -0.322 e. The van der Waals surface area contributed by atoms with Gasteiger partial charge in [-0.15, -0.1) is 0 Å². The lowest BCUT2D eigenvalue weighted by Gasteiger charge is -2.26. The second-order valence-electron chi connectivity index (χ2n) is 3.85. The second-order valence-corrected chi connectivity index (χ2v) is 8.68. The van der Waals surface area contributed by atoms with E-state index in [-0.39, 0.29) is 0 Å². The summed E-state index contributed by atoms with van der Waals surface area (Å²) in [5.74, 6) is 0. The highest BCUT2D eigenvalue weighted by Gasteiger charge is 2.16. The van der Waals surface area contributed by atoms with E-state index in [4.69, 9.17) is 27.7 Å². The van der Waals surface area contributed by atoms with Gasteiger partial charge in [0.2, 0.25) is 0 Å². The van der Waals surface area contributed by atoms with Gasteiger partial charge in [-0.3, -0.25) is 20.7 Å². The van der Waals surface area contributed by atoms with Crippen LogP contribution in [-0.4, -0.2) is 10.9 Å². The molecule has 0 aromatic carbocycles. The van der Waals surface area contributed by atoms with Gasteiger partial charge < -0.3 is 4.89 Å². The topological polar surface area (TPSA) is 153 Å². The van der Waals surface area contributed by atoms with Crippen LogP contribution >= 0.6 is 14.2 Å². The maximum Gasteiger partial charge on any atom is 0.332 e. The molecule has 1 fully saturated rings. The summed E-state index contributed by atoms with van der Waals surface area (Å²) in [5.41, 5.74) is 19.6. The van der Waals surface area contributed by atoms with E-state index in [1.807, 2.05) is 0 Å². The van der Waals surface area contributed by atoms with Crippen molar-refractivity contribution in [3.05, 3.63) is 0 Å². The Hall–Kier alpha value is 0.640. The van der Waals surface area contributed by atoms with Gasteiger partial charge in [0.05, 0.1) is 0 Å². The van der Waals surface area contributed by atoms with Crippen molar-refractivity contribution >= 4 is 26.0 Å². The first kappa shape index (κ1) is 16.6. The van der Waals surface area contributed by atoms with E-state index in [1.54, 1.807) is 0 Å². The SMILES string of the molecule is NP(N)(=O)O.NP(N)(=S)NC1CCCCC1. The van der Waals surface area contributed by atoms with Crippen molar-refractivity contribution in [2.45, 2.75) is 38.1 Å². The molecular formula is C6H21N5O2P2S. The molecule has 0 aliphatic heterocycles. The molecular weight excluding hydrogens is 268 g/mol. The van der Waals surface area contributed by atoms with Crippen molar-refractivity contribution in [3.63, 3.8) is 0 Å². The zero-order chi connectivity index (χ0) is 12.8. The summed E-state index contributed by atoms with van der Waals surface area (Å²) in [6, 6.07) is 0.490. The average Bonchev–Trinajstić information content (AvgIpc) is 1.99. The van der Waals surface area contributed by atoms with Crippen LogP contribution in [0, 0.1) is 0 Å². The molecule has 0 bridgehead atoms. The second kappa shape index (κ2) is 7.16. The van der Waals surface area contributed by atoms with Crippen LogP contribution in [0.4, 0.5) is 0 Å². The Morgan fingerprint density at radius 1 is 1.12 bits per heavy atom. The average molecular weight is 289 g/mol. The molecule has 98 valence electrons. The van der Waals surface area contributed by atoms with Gasteiger partial charge in [-0.25, -0.2) is 11.0 Å². The molecule has 1 aliphatic rings. The molecule has 1 rings (SSSR count). The Bertz CT molecular complexity index is 276. The minimum atomic E-state index is -3.64.